The van der Waals surface area contributed by atoms with Crippen molar-refractivity contribution in [3.8, 4) is 0 Å². The Labute approximate surface area is 59.2 Å². The highest BCUT2D eigenvalue weighted by molar-refractivity contribution is 8.07. The van der Waals surface area contributed by atoms with Gasteiger partial charge in [0.05, 0.1) is 12.7 Å². The SMILES string of the molecule is C[C@H]1CCOP(O)(=S)O1. The van der Waals surface area contributed by atoms with Gasteiger partial charge in [0.25, 0.3) is 0 Å². The molecule has 5 heteroatoms. The molecule has 9 heavy (non-hydrogen) atoms. The van der Waals surface area contributed by atoms with Crippen molar-refractivity contribution >= 4 is 18.5 Å². The normalized spacial score (nSPS) is 44.9. The Bertz CT molecular complexity index is 149. The van der Waals surface area contributed by atoms with E-state index in [0.29, 0.717) is 6.61 Å². The molecule has 1 fully saturated rings. The van der Waals surface area contributed by atoms with Crippen LogP contribution in [0.25, 0.3) is 0 Å². The molecule has 1 aliphatic heterocycles. The lowest BCUT2D eigenvalue weighted by atomic mass is 10.3. The van der Waals surface area contributed by atoms with Gasteiger partial charge in [-0.1, -0.05) is 0 Å². The molecule has 0 bridgehead atoms. The summed E-state index contributed by atoms with van der Waals surface area (Å²) in [6, 6.07) is 0. The Hall–Kier alpha value is 0.530. The average molecular weight is 168 g/mol. The third kappa shape index (κ3) is 2.32. The van der Waals surface area contributed by atoms with Gasteiger partial charge in [0.15, 0.2) is 0 Å². The molecule has 1 unspecified atom stereocenters. The number of rotatable bonds is 0. The third-order valence-electron chi connectivity index (χ3n) is 1.09. The summed E-state index contributed by atoms with van der Waals surface area (Å²) in [5.41, 5.74) is 0. The molecule has 1 rings (SSSR count). The van der Waals surface area contributed by atoms with Crippen molar-refractivity contribution in [2.24, 2.45) is 0 Å². The molecule has 1 N–H and O–H groups in total. The Kier molecular flexibility index (Phi) is 2.24. The summed E-state index contributed by atoms with van der Waals surface area (Å²) in [6.07, 6.45) is 0.869. The summed E-state index contributed by atoms with van der Waals surface area (Å²) in [5.74, 6) is 0. The molecule has 3 nitrogen and oxygen atoms in total. The van der Waals surface area contributed by atoms with Gasteiger partial charge in [0.1, 0.15) is 0 Å². The van der Waals surface area contributed by atoms with Gasteiger partial charge in [0, 0.05) is 0 Å². The van der Waals surface area contributed by atoms with Crippen LogP contribution in [-0.2, 0) is 20.9 Å². The predicted octanol–water partition coefficient (Wildman–Crippen LogP) is 1.03. The van der Waals surface area contributed by atoms with E-state index in [0.717, 1.165) is 6.42 Å². The first-order chi connectivity index (χ1) is 4.10. The highest BCUT2D eigenvalue weighted by Gasteiger charge is 2.23. The molecule has 0 aromatic heterocycles. The summed E-state index contributed by atoms with van der Waals surface area (Å²) in [7, 11) is 0. The zero-order valence-electron chi connectivity index (χ0n) is 5.11. The molecule has 0 spiro atoms. The van der Waals surface area contributed by atoms with Crippen molar-refractivity contribution < 1.29 is 13.9 Å². The van der Waals surface area contributed by atoms with Crippen molar-refractivity contribution in [2.45, 2.75) is 19.4 Å². The van der Waals surface area contributed by atoms with Crippen molar-refractivity contribution in [1.82, 2.24) is 0 Å². The Balaban J connectivity index is 2.51. The molecule has 1 saturated heterocycles. The van der Waals surface area contributed by atoms with Gasteiger partial charge < -0.3 is 13.9 Å². The van der Waals surface area contributed by atoms with Crippen LogP contribution in [0.2, 0.25) is 0 Å². The maximum atomic E-state index is 9.03. The van der Waals surface area contributed by atoms with Crippen LogP contribution in [0.5, 0.6) is 0 Å². The fraction of sp³-hybridized carbons (Fsp3) is 1.00. The van der Waals surface area contributed by atoms with Crippen LogP contribution in [0.15, 0.2) is 0 Å². The van der Waals surface area contributed by atoms with Gasteiger partial charge in [-0.15, -0.1) is 0 Å². The molecule has 0 amide bonds. The first-order valence-corrected chi connectivity index (χ1v) is 5.35. The molecule has 0 radical (unpaired) electrons. The zero-order valence-corrected chi connectivity index (χ0v) is 6.82. The highest BCUT2D eigenvalue weighted by atomic mass is 32.5. The van der Waals surface area contributed by atoms with Gasteiger partial charge >= 0.3 is 6.72 Å². The first kappa shape index (κ1) is 7.63. The third-order valence-corrected chi connectivity index (χ3v) is 2.80. The molecule has 1 heterocycles. The number of hydrogen-bond acceptors (Lipinski definition) is 3. The first-order valence-electron chi connectivity index (χ1n) is 2.76. The lowest BCUT2D eigenvalue weighted by Crippen LogP contribution is -2.16. The molecule has 2 atom stereocenters. The minimum Gasteiger partial charge on any atom is -0.324 e. The molecule has 0 saturated carbocycles. The van der Waals surface area contributed by atoms with E-state index in [1.807, 2.05) is 6.92 Å². The molecule has 0 aliphatic carbocycles. The topological polar surface area (TPSA) is 38.7 Å². The van der Waals surface area contributed by atoms with Gasteiger partial charge in [-0.25, -0.2) is 0 Å². The van der Waals surface area contributed by atoms with Crippen LogP contribution in [-0.4, -0.2) is 17.6 Å². The maximum absolute atomic E-state index is 9.03. The smallest absolute Gasteiger partial charge is 0.324 e. The van der Waals surface area contributed by atoms with E-state index in [1.165, 1.54) is 0 Å². The van der Waals surface area contributed by atoms with Crippen LogP contribution in [0.1, 0.15) is 13.3 Å². The molecule has 0 aromatic carbocycles. The molecular formula is C4H9O3PS. The minimum atomic E-state index is -2.81. The summed E-state index contributed by atoms with van der Waals surface area (Å²) in [5, 5.41) is 0. The summed E-state index contributed by atoms with van der Waals surface area (Å²) >= 11 is 4.59. The fourth-order valence-corrected chi connectivity index (χ4v) is 2.27. The van der Waals surface area contributed by atoms with Crippen LogP contribution < -0.4 is 0 Å². The van der Waals surface area contributed by atoms with Gasteiger partial charge in [-0.05, 0) is 25.2 Å². The lowest BCUT2D eigenvalue weighted by Gasteiger charge is -2.25. The van der Waals surface area contributed by atoms with E-state index >= 15 is 0 Å². The van der Waals surface area contributed by atoms with Crippen molar-refractivity contribution in [3.05, 3.63) is 0 Å². The fourth-order valence-electron chi connectivity index (χ4n) is 0.645. The molecule has 0 aromatic rings. The van der Waals surface area contributed by atoms with E-state index in [4.69, 9.17) is 13.9 Å². The van der Waals surface area contributed by atoms with E-state index < -0.39 is 6.72 Å². The van der Waals surface area contributed by atoms with Crippen LogP contribution in [0.3, 0.4) is 0 Å². The van der Waals surface area contributed by atoms with Crippen molar-refractivity contribution in [3.63, 3.8) is 0 Å². The quantitative estimate of drug-likeness (QED) is 0.548. The monoisotopic (exact) mass is 168 g/mol. The maximum Gasteiger partial charge on any atom is 0.324 e. The Morgan fingerprint density at radius 1 is 1.78 bits per heavy atom. The highest BCUT2D eigenvalue weighted by Crippen LogP contribution is 2.48. The number of hydrogen-bond donors (Lipinski definition) is 1. The second-order valence-electron chi connectivity index (χ2n) is 2.01. The van der Waals surface area contributed by atoms with Gasteiger partial charge in [-0.3, -0.25) is 0 Å². The second kappa shape index (κ2) is 2.64. The predicted molar refractivity (Wildman–Crippen MR) is 37.6 cm³/mol. The lowest BCUT2D eigenvalue weighted by molar-refractivity contribution is 0.0875. The van der Waals surface area contributed by atoms with E-state index in [2.05, 4.69) is 11.8 Å². The van der Waals surface area contributed by atoms with Crippen molar-refractivity contribution in [2.75, 3.05) is 6.61 Å². The van der Waals surface area contributed by atoms with Gasteiger partial charge in [-0.2, -0.15) is 0 Å². The standard InChI is InChI=1S/C4H9O3PS/c1-4-2-3-6-8(5,9)7-4/h4H,2-3H2,1H3,(H,5,9)/t4-,8?/m0/s1. The van der Waals surface area contributed by atoms with Crippen LogP contribution in [0, 0.1) is 0 Å². The molecule has 1 aliphatic rings. The van der Waals surface area contributed by atoms with Crippen molar-refractivity contribution in [1.29, 1.82) is 0 Å². The zero-order chi connectivity index (χ0) is 6.91. The molecular weight excluding hydrogens is 159 g/mol. The largest absolute Gasteiger partial charge is 0.324 e. The summed E-state index contributed by atoms with van der Waals surface area (Å²) in [6.45, 7) is -0.412. The van der Waals surface area contributed by atoms with Crippen LogP contribution in [0.4, 0.5) is 0 Å². The summed E-state index contributed by atoms with van der Waals surface area (Å²) in [4.78, 5) is 9.03. The average Bonchev–Trinajstić information content (AvgIpc) is 1.60. The summed E-state index contributed by atoms with van der Waals surface area (Å²) < 4.78 is 9.73. The van der Waals surface area contributed by atoms with Crippen LogP contribution >= 0.6 is 6.72 Å². The molecule has 54 valence electrons. The Morgan fingerprint density at radius 3 is 2.78 bits per heavy atom. The van der Waals surface area contributed by atoms with E-state index in [-0.39, 0.29) is 6.10 Å². The minimum absolute atomic E-state index is 0.0505. The van der Waals surface area contributed by atoms with E-state index in [9.17, 15) is 0 Å². The van der Waals surface area contributed by atoms with Gasteiger partial charge in [0.2, 0.25) is 0 Å². The second-order valence-corrected chi connectivity index (χ2v) is 4.80. The van der Waals surface area contributed by atoms with E-state index in [1.54, 1.807) is 0 Å². The Morgan fingerprint density at radius 2 is 2.44 bits per heavy atom.